The van der Waals surface area contributed by atoms with Crippen molar-refractivity contribution in [3.63, 3.8) is 0 Å². The van der Waals surface area contributed by atoms with E-state index in [2.05, 4.69) is 0 Å². The van der Waals surface area contributed by atoms with Gasteiger partial charge in [0.2, 0.25) is 15.9 Å². The van der Waals surface area contributed by atoms with Crippen LogP contribution in [-0.4, -0.2) is 48.7 Å². The Morgan fingerprint density at radius 3 is 2.40 bits per heavy atom. The summed E-state index contributed by atoms with van der Waals surface area (Å²) in [5, 5.41) is 0.580. The summed E-state index contributed by atoms with van der Waals surface area (Å²) in [6, 6.07) is 6.85. The van der Waals surface area contributed by atoms with Gasteiger partial charge in [-0.25, -0.2) is 8.42 Å². The zero-order chi connectivity index (χ0) is 18.1. The van der Waals surface area contributed by atoms with Gasteiger partial charge in [-0.1, -0.05) is 30.7 Å². The molecule has 2 fully saturated rings. The Bertz CT molecular complexity index is 733. The summed E-state index contributed by atoms with van der Waals surface area (Å²) in [5.74, 6) is -0.0924. The van der Waals surface area contributed by atoms with Gasteiger partial charge in [0, 0.05) is 24.7 Å². The molecule has 1 unspecified atom stereocenters. The van der Waals surface area contributed by atoms with Crippen LogP contribution in [0.3, 0.4) is 0 Å². The topological polar surface area (TPSA) is 57.7 Å². The first kappa shape index (κ1) is 18.7. The third-order valence-electron chi connectivity index (χ3n) is 5.22. The quantitative estimate of drug-likeness (QED) is 0.784. The molecule has 3 rings (SSSR count). The van der Waals surface area contributed by atoms with Crippen LogP contribution in [0.2, 0.25) is 5.02 Å². The molecule has 1 aromatic rings. The van der Waals surface area contributed by atoms with Crippen LogP contribution in [0.4, 0.5) is 0 Å². The lowest BCUT2D eigenvalue weighted by atomic mass is 9.86. The molecule has 7 heteroatoms. The molecular weight excluding hydrogens is 360 g/mol. The Labute approximate surface area is 155 Å². The second-order valence-electron chi connectivity index (χ2n) is 6.99. The highest BCUT2D eigenvalue weighted by atomic mass is 35.5. The summed E-state index contributed by atoms with van der Waals surface area (Å²) in [6.07, 6.45) is 3.75. The van der Waals surface area contributed by atoms with Gasteiger partial charge in [-0.3, -0.25) is 4.79 Å². The lowest BCUT2D eigenvalue weighted by molar-refractivity contribution is -0.144. The van der Waals surface area contributed by atoms with Gasteiger partial charge in [0.15, 0.2) is 0 Å². The number of hydrogen-bond donors (Lipinski definition) is 0. The maximum Gasteiger partial charge on any atom is 0.244 e. The van der Waals surface area contributed by atoms with Gasteiger partial charge in [0.25, 0.3) is 0 Å². The second-order valence-corrected chi connectivity index (χ2v) is 9.32. The molecule has 1 spiro atoms. The fraction of sp³-hybridized carbons (Fsp3) is 0.611. The molecule has 0 N–H and O–H groups in total. The fourth-order valence-corrected chi connectivity index (χ4v) is 6.24. The SMILES string of the molecule is CCCN1CCCC2(CCCN2S(=O)(=O)Cc2ccc(Cl)cc2)C1=O. The van der Waals surface area contributed by atoms with E-state index in [0.29, 0.717) is 36.5 Å². The van der Waals surface area contributed by atoms with Gasteiger partial charge in [-0.2, -0.15) is 4.31 Å². The number of carbonyl (C=O) groups is 1. The predicted molar refractivity (Wildman–Crippen MR) is 98.9 cm³/mol. The Kier molecular flexibility index (Phi) is 5.42. The lowest BCUT2D eigenvalue weighted by Gasteiger charge is -2.43. The molecule has 0 bridgehead atoms. The van der Waals surface area contributed by atoms with Crippen LogP contribution < -0.4 is 0 Å². The average Bonchev–Trinajstić information content (AvgIpc) is 3.00. The molecule has 2 aliphatic heterocycles. The first-order chi connectivity index (χ1) is 11.9. The molecule has 1 aromatic carbocycles. The standard InChI is InChI=1S/C18H25ClN2O3S/c1-2-11-20-12-3-9-18(17(20)22)10-4-13-21(18)25(23,24)14-15-5-7-16(19)8-6-15/h5-8H,2-4,9-14H2,1H3. The smallest absolute Gasteiger partial charge is 0.244 e. The molecule has 0 aromatic heterocycles. The third-order valence-corrected chi connectivity index (χ3v) is 7.38. The number of hydrogen-bond acceptors (Lipinski definition) is 3. The van der Waals surface area contributed by atoms with E-state index in [1.54, 1.807) is 24.3 Å². The molecule has 2 saturated heterocycles. The van der Waals surface area contributed by atoms with Crippen molar-refractivity contribution in [3.05, 3.63) is 34.9 Å². The molecular formula is C18H25ClN2O3S. The van der Waals surface area contributed by atoms with E-state index in [0.717, 1.165) is 25.8 Å². The molecule has 138 valence electrons. The summed E-state index contributed by atoms with van der Waals surface area (Å²) in [5.41, 5.74) is -0.168. The van der Waals surface area contributed by atoms with E-state index in [-0.39, 0.29) is 11.7 Å². The zero-order valence-corrected chi connectivity index (χ0v) is 16.2. The van der Waals surface area contributed by atoms with Crippen LogP contribution in [0.15, 0.2) is 24.3 Å². The van der Waals surface area contributed by atoms with Gasteiger partial charge in [0.1, 0.15) is 5.54 Å². The number of carbonyl (C=O) groups excluding carboxylic acids is 1. The first-order valence-electron chi connectivity index (χ1n) is 8.93. The van der Waals surface area contributed by atoms with Crippen molar-refractivity contribution >= 4 is 27.5 Å². The summed E-state index contributed by atoms with van der Waals surface area (Å²) < 4.78 is 27.7. The summed E-state index contributed by atoms with van der Waals surface area (Å²) in [6.45, 7) is 3.91. The number of benzene rings is 1. The van der Waals surface area contributed by atoms with E-state index in [1.807, 2.05) is 11.8 Å². The highest BCUT2D eigenvalue weighted by molar-refractivity contribution is 7.88. The van der Waals surface area contributed by atoms with Gasteiger partial charge < -0.3 is 4.90 Å². The molecule has 2 heterocycles. The molecule has 2 aliphatic rings. The highest BCUT2D eigenvalue weighted by Gasteiger charge is 2.54. The number of halogens is 1. The van der Waals surface area contributed by atoms with Crippen molar-refractivity contribution in [2.45, 2.75) is 50.3 Å². The Balaban J connectivity index is 1.87. The molecule has 0 saturated carbocycles. The molecule has 1 amide bonds. The van der Waals surface area contributed by atoms with Crippen LogP contribution >= 0.6 is 11.6 Å². The minimum absolute atomic E-state index is 0.00205. The van der Waals surface area contributed by atoms with E-state index in [9.17, 15) is 13.2 Å². The minimum atomic E-state index is -3.56. The largest absolute Gasteiger partial charge is 0.341 e. The molecule has 0 radical (unpaired) electrons. The van der Waals surface area contributed by atoms with Crippen molar-refractivity contribution in [3.8, 4) is 0 Å². The molecule has 1 atom stereocenters. The van der Waals surface area contributed by atoms with Crippen molar-refractivity contribution in [2.75, 3.05) is 19.6 Å². The van der Waals surface area contributed by atoms with Crippen LogP contribution in [0.5, 0.6) is 0 Å². The van der Waals surface area contributed by atoms with Gasteiger partial charge in [0.05, 0.1) is 5.75 Å². The van der Waals surface area contributed by atoms with Crippen LogP contribution in [0.25, 0.3) is 0 Å². The third kappa shape index (κ3) is 3.57. The number of rotatable bonds is 5. The van der Waals surface area contributed by atoms with E-state index in [1.165, 1.54) is 4.31 Å². The van der Waals surface area contributed by atoms with Gasteiger partial charge >= 0.3 is 0 Å². The molecule has 5 nitrogen and oxygen atoms in total. The van der Waals surface area contributed by atoms with Crippen molar-refractivity contribution in [2.24, 2.45) is 0 Å². The maximum atomic E-state index is 13.1. The predicted octanol–water partition coefficient (Wildman–Crippen LogP) is 3.04. The van der Waals surface area contributed by atoms with E-state index >= 15 is 0 Å². The van der Waals surface area contributed by atoms with Crippen LogP contribution in [0, 0.1) is 0 Å². The van der Waals surface area contributed by atoms with Crippen molar-refractivity contribution < 1.29 is 13.2 Å². The van der Waals surface area contributed by atoms with Gasteiger partial charge in [-0.15, -0.1) is 0 Å². The number of piperidine rings is 1. The summed E-state index contributed by atoms with van der Waals surface area (Å²) in [7, 11) is -3.56. The Morgan fingerprint density at radius 1 is 1.12 bits per heavy atom. The lowest BCUT2D eigenvalue weighted by Crippen LogP contribution is -2.61. The first-order valence-corrected chi connectivity index (χ1v) is 10.9. The second kappa shape index (κ2) is 7.25. The Morgan fingerprint density at radius 2 is 1.76 bits per heavy atom. The summed E-state index contributed by atoms with van der Waals surface area (Å²) >= 11 is 5.88. The van der Waals surface area contributed by atoms with Crippen LogP contribution in [-0.2, 0) is 20.6 Å². The normalized spacial score (nSPS) is 25.0. The zero-order valence-electron chi connectivity index (χ0n) is 14.6. The number of nitrogens with zero attached hydrogens (tertiary/aromatic N) is 2. The van der Waals surface area contributed by atoms with E-state index < -0.39 is 15.6 Å². The fourth-order valence-electron chi connectivity index (χ4n) is 4.14. The average molecular weight is 385 g/mol. The highest BCUT2D eigenvalue weighted by Crippen LogP contribution is 2.40. The van der Waals surface area contributed by atoms with Crippen molar-refractivity contribution in [1.29, 1.82) is 0 Å². The number of sulfonamides is 1. The number of likely N-dealkylation sites (tertiary alicyclic amines) is 1. The van der Waals surface area contributed by atoms with Gasteiger partial charge in [-0.05, 0) is 49.8 Å². The minimum Gasteiger partial charge on any atom is -0.341 e. The van der Waals surface area contributed by atoms with Crippen LogP contribution in [0.1, 0.15) is 44.6 Å². The summed E-state index contributed by atoms with van der Waals surface area (Å²) in [4.78, 5) is 14.9. The number of amides is 1. The maximum absolute atomic E-state index is 13.1. The monoisotopic (exact) mass is 384 g/mol. The van der Waals surface area contributed by atoms with Crippen molar-refractivity contribution in [1.82, 2.24) is 9.21 Å². The molecule has 25 heavy (non-hydrogen) atoms. The Hall–Kier alpha value is -1.11. The molecule has 0 aliphatic carbocycles. The van der Waals surface area contributed by atoms with E-state index in [4.69, 9.17) is 11.6 Å².